The summed E-state index contributed by atoms with van der Waals surface area (Å²) < 4.78 is 0. The van der Waals surface area contributed by atoms with E-state index in [9.17, 15) is 9.59 Å². The summed E-state index contributed by atoms with van der Waals surface area (Å²) in [7, 11) is 0. The number of hydrogen-bond donors (Lipinski definition) is 3. The number of amides is 4. The van der Waals surface area contributed by atoms with E-state index < -0.39 is 12.1 Å². The molecular weight excluding hydrogens is 414 g/mol. The lowest BCUT2D eigenvalue weighted by Crippen LogP contribution is -2.54. The van der Waals surface area contributed by atoms with Crippen molar-refractivity contribution in [3.05, 3.63) is 77.5 Å². The van der Waals surface area contributed by atoms with E-state index in [1.807, 2.05) is 50.2 Å². The number of nitrogens with one attached hydrogen (secondary N) is 3. The van der Waals surface area contributed by atoms with Crippen molar-refractivity contribution in [3.8, 4) is 0 Å². The molecule has 33 heavy (non-hydrogen) atoms. The molecule has 1 fully saturated rings. The van der Waals surface area contributed by atoms with Gasteiger partial charge in [0.15, 0.2) is 0 Å². The van der Waals surface area contributed by atoms with Crippen LogP contribution < -0.4 is 20.9 Å². The molecule has 7 heteroatoms. The van der Waals surface area contributed by atoms with Crippen LogP contribution in [0.15, 0.2) is 71.9 Å². The number of benzene rings is 2. The average Bonchev–Trinajstić information content (AvgIpc) is 2.85. The molecule has 1 saturated heterocycles. The van der Waals surface area contributed by atoms with Gasteiger partial charge in [-0.3, -0.25) is 0 Å². The Morgan fingerprint density at radius 3 is 2.27 bits per heavy atom. The van der Waals surface area contributed by atoms with E-state index in [0.717, 1.165) is 42.8 Å². The first-order chi connectivity index (χ1) is 16.0. The lowest BCUT2D eigenvalue weighted by Gasteiger charge is -2.36. The van der Waals surface area contributed by atoms with Crippen LogP contribution in [-0.2, 0) is 0 Å². The number of piperidine rings is 1. The summed E-state index contributed by atoms with van der Waals surface area (Å²) in [6.07, 6.45) is 2.13. The van der Waals surface area contributed by atoms with E-state index in [1.165, 1.54) is 10.6 Å². The van der Waals surface area contributed by atoms with Gasteiger partial charge < -0.3 is 20.9 Å². The molecule has 2 aromatic carbocycles. The number of allylic oxidation sites excluding steroid dienone is 1. The molecule has 7 nitrogen and oxygen atoms in total. The highest BCUT2D eigenvalue weighted by Crippen LogP contribution is 2.32. The highest BCUT2D eigenvalue weighted by Gasteiger charge is 2.36. The average molecular weight is 448 g/mol. The van der Waals surface area contributed by atoms with Crippen LogP contribution in [0, 0.1) is 0 Å². The Bertz CT molecular complexity index is 984. The predicted molar refractivity (Wildman–Crippen MR) is 131 cm³/mol. The fourth-order valence-electron chi connectivity index (χ4n) is 4.59. The second-order valence-corrected chi connectivity index (χ2v) is 8.70. The molecule has 174 valence electrons. The predicted octanol–water partition coefficient (Wildman–Crippen LogP) is 4.02. The lowest BCUT2D eigenvalue weighted by molar-refractivity contribution is 0.172. The molecule has 2 aromatic rings. The number of imide groups is 1. The highest BCUT2D eigenvalue weighted by molar-refractivity contribution is 5.96. The Morgan fingerprint density at radius 1 is 0.970 bits per heavy atom. The van der Waals surface area contributed by atoms with E-state index in [-0.39, 0.29) is 6.03 Å². The van der Waals surface area contributed by atoms with Crippen molar-refractivity contribution in [1.82, 2.24) is 20.9 Å². The van der Waals surface area contributed by atoms with Crippen LogP contribution in [-0.4, -0.2) is 49.2 Å². The van der Waals surface area contributed by atoms with E-state index in [4.69, 9.17) is 0 Å². The van der Waals surface area contributed by atoms with Gasteiger partial charge in [-0.25, -0.2) is 14.5 Å². The van der Waals surface area contributed by atoms with Crippen LogP contribution in [0.1, 0.15) is 38.3 Å². The van der Waals surface area contributed by atoms with Gasteiger partial charge in [0.2, 0.25) is 0 Å². The number of urea groups is 2. The molecular formula is C26H33N5O2. The standard InChI is InChI=1S/C26H33N5O2/c1-19-20(2)29-26(33)31(24(19)21-9-5-3-6-10-21)25(32)28-16-15-27-22-13-17-30(18-14-22)23-11-7-4-8-12-23/h3-12,22,24,27H,13-18H2,1-2H3,(H,28,32)(H,29,33). The van der Waals surface area contributed by atoms with Crippen LogP contribution >= 0.6 is 0 Å². The summed E-state index contributed by atoms with van der Waals surface area (Å²) in [4.78, 5) is 29.4. The van der Waals surface area contributed by atoms with E-state index >= 15 is 0 Å². The normalized spacial score (nSPS) is 19.5. The zero-order valence-electron chi connectivity index (χ0n) is 19.4. The fourth-order valence-corrected chi connectivity index (χ4v) is 4.59. The minimum absolute atomic E-state index is 0.381. The van der Waals surface area contributed by atoms with Crippen LogP contribution in [0.4, 0.5) is 15.3 Å². The molecule has 2 aliphatic rings. The molecule has 0 radical (unpaired) electrons. The zero-order valence-corrected chi connectivity index (χ0v) is 19.4. The molecule has 4 amide bonds. The van der Waals surface area contributed by atoms with Crippen molar-refractivity contribution in [2.75, 3.05) is 31.1 Å². The Labute approximate surface area is 195 Å². The first-order valence-corrected chi connectivity index (χ1v) is 11.7. The maximum atomic E-state index is 13.0. The molecule has 0 saturated carbocycles. The van der Waals surface area contributed by atoms with Crippen molar-refractivity contribution >= 4 is 17.7 Å². The summed E-state index contributed by atoms with van der Waals surface area (Å²) in [5, 5.41) is 9.28. The first-order valence-electron chi connectivity index (χ1n) is 11.7. The number of carbonyl (C=O) groups is 2. The molecule has 0 aliphatic carbocycles. The molecule has 2 aliphatic heterocycles. The maximum Gasteiger partial charge on any atom is 0.330 e. The zero-order chi connectivity index (χ0) is 23.2. The SMILES string of the molecule is CC1=C(C)C(c2ccccc2)N(C(=O)NCCNC2CCN(c3ccccc3)CC2)C(=O)N1. The van der Waals surface area contributed by atoms with Gasteiger partial charge in [0.05, 0.1) is 6.04 Å². The van der Waals surface area contributed by atoms with Gasteiger partial charge in [-0.15, -0.1) is 0 Å². The van der Waals surface area contributed by atoms with Gasteiger partial charge in [-0.1, -0.05) is 48.5 Å². The fraction of sp³-hybridized carbons (Fsp3) is 0.385. The highest BCUT2D eigenvalue weighted by atomic mass is 16.2. The van der Waals surface area contributed by atoms with E-state index in [1.54, 1.807) is 0 Å². The third kappa shape index (κ3) is 5.37. The van der Waals surface area contributed by atoms with Gasteiger partial charge in [0.25, 0.3) is 0 Å². The largest absolute Gasteiger partial charge is 0.371 e. The third-order valence-corrected chi connectivity index (χ3v) is 6.56. The van der Waals surface area contributed by atoms with Gasteiger partial charge in [0, 0.05) is 43.6 Å². The Hall–Kier alpha value is -3.32. The van der Waals surface area contributed by atoms with E-state index in [2.05, 4.69) is 45.1 Å². The quantitative estimate of drug-likeness (QED) is 0.585. The molecule has 1 atom stereocenters. The summed E-state index contributed by atoms with van der Waals surface area (Å²) in [5.41, 5.74) is 3.94. The first kappa shape index (κ1) is 22.9. The van der Waals surface area contributed by atoms with Crippen LogP contribution in [0.3, 0.4) is 0 Å². The summed E-state index contributed by atoms with van der Waals surface area (Å²) in [5.74, 6) is 0. The smallest absolute Gasteiger partial charge is 0.330 e. The Morgan fingerprint density at radius 2 is 1.61 bits per heavy atom. The van der Waals surface area contributed by atoms with Gasteiger partial charge in [-0.2, -0.15) is 0 Å². The molecule has 0 spiro atoms. The number of hydrogen-bond acceptors (Lipinski definition) is 4. The molecule has 3 N–H and O–H groups in total. The van der Waals surface area contributed by atoms with E-state index in [0.29, 0.717) is 19.1 Å². The number of carbonyl (C=O) groups excluding carboxylic acids is 2. The Kier molecular flexibility index (Phi) is 7.29. The lowest BCUT2D eigenvalue weighted by atomic mass is 9.95. The summed E-state index contributed by atoms with van der Waals surface area (Å²) in [6.45, 7) is 6.99. The monoisotopic (exact) mass is 447 g/mol. The topological polar surface area (TPSA) is 76.7 Å². The van der Waals surface area contributed by atoms with Crippen LogP contribution in [0.25, 0.3) is 0 Å². The third-order valence-electron chi connectivity index (χ3n) is 6.56. The summed E-state index contributed by atoms with van der Waals surface area (Å²) in [6, 6.07) is 19.4. The van der Waals surface area contributed by atoms with Crippen molar-refractivity contribution in [2.24, 2.45) is 0 Å². The molecule has 0 bridgehead atoms. The van der Waals surface area contributed by atoms with Gasteiger partial charge >= 0.3 is 12.1 Å². The number of anilines is 1. The van der Waals surface area contributed by atoms with Crippen LogP contribution in [0.2, 0.25) is 0 Å². The minimum Gasteiger partial charge on any atom is -0.371 e. The molecule has 4 rings (SSSR count). The summed E-state index contributed by atoms with van der Waals surface area (Å²) >= 11 is 0. The Balaban J connectivity index is 1.27. The number of rotatable bonds is 6. The molecule has 1 unspecified atom stereocenters. The van der Waals surface area contributed by atoms with Gasteiger partial charge in [-0.05, 0) is 50.0 Å². The minimum atomic E-state index is -0.407. The van der Waals surface area contributed by atoms with Crippen molar-refractivity contribution in [2.45, 2.75) is 38.8 Å². The van der Waals surface area contributed by atoms with Crippen LogP contribution in [0.5, 0.6) is 0 Å². The number of nitrogens with zero attached hydrogens (tertiary/aromatic N) is 2. The second-order valence-electron chi connectivity index (χ2n) is 8.70. The maximum absolute atomic E-state index is 13.0. The second kappa shape index (κ2) is 10.5. The molecule has 2 heterocycles. The van der Waals surface area contributed by atoms with Crippen molar-refractivity contribution < 1.29 is 9.59 Å². The van der Waals surface area contributed by atoms with Crippen molar-refractivity contribution in [1.29, 1.82) is 0 Å². The number of para-hydroxylation sites is 1. The van der Waals surface area contributed by atoms with Crippen molar-refractivity contribution in [3.63, 3.8) is 0 Å². The molecule has 0 aromatic heterocycles. The van der Waals surface area contributed by atoms with Gasteiger partial charge in [0.1, 0.15) is 0 Å².